The monoisotopic (exact) mass is 304 g/mol. The van der Waals surface area contributed by atoms with E-state index in [1.165, 1.54) is 0 Å². The SMILES string of the molecule is Cc1c(-c2ccccc2)[nH]c(C2CSCCO2)nc1=S. The lowest BCUT2D eigenvalue weighted by atomic mass is 10.1. The third-order valence-corrected chi connectivity index (χ3v) is 4.75. The van der Waals surface area contributed by atoms with Crippen LogP contribution in [-0.4, -0.2) is 28.1 Å². The van der Waals surface area contributed by atoms with Crippen LogP contribution in [0.2, 0.25) is 0 Å². The number of hydrogen-bond donors (Lipinski definition) is 1. The fraction of sp³-hybridized carbons (Fsp3) is 0.333. The molecule has 0 radical (unpaired) electrons. The number of aromatic nitrogens is 2. The van der Waals surface area contributed by atoms with Crippen LogP contribution in [0.25, 0.3) is 11.3 Å². The van der Waals surface area contributed by atoms with E-state index in [1.807, 2.05) is 36.9 Å². The molecule has 1 N–H and O–H groups in total. The highest BCUT2D eigenvalue weighted by molar-refractivity contribution is 7.99. The summed E-state index contributed by atoms with van der Waals surface area (Å²) in [5.74, 6) is 2.82. The summed E-state index contributed by atoms with van der Waals surface area (Å²) >= 11 is 7.29. The zero-order valence-electron chi connectivity index (χ0n) is 11.3. The van der Waals surface area contributed by atoms with Crippen LogP contribution in [0.15, 0.2) is 30.3 Å². The Bertz CT molecular complexity index is 649. The molecule has 1 aliphatic heterocycles. The van der Waals surface area contributed by atoms with E-state index >= 15 is 0 Å². The lowest BCUT2D eigenvalue weighted by Gasteiger charge is -2.22. The van der Waals surface area contributed by atoms with Crippen LogP contribution in [0.1, 0.15) is 17.5 Å². The molecule has 3 nitrogen and oxygen atoms in total. The summed E-state index contributed by atoms with van der Waals surface area (Å²) in [5.41, 5.74) is 3.18. The second-order valence-electron chi connectivity index (χ2n) is 4.73. The molecular formula is C15H16N2OS2. The van der Waals surface area contributed by atoms with Gasteiger partial charge < -0.3 is 9.72 Å². The number of H-pyrrole nitrogens is 1. The zero-order valence-corrected chi connectivity index (χ0v) is 12.9. The van der Waals surface area contributed by atoms with Gasteiger partial charge in [0.25, 0.3) is 0 Å². The summed E-state index contributed by atoms with van der Waals surface area (Å²) in [6.07, 6.45) is 0.0125. The maximum atomic E-state index is 5.79. The van der Waals surface area contributed by atoms with Crippen molar-refractivity contribution in [2.75, 3.05) is 18.1 Å². The van der Waals surface area contributed by atoms with Gasteiger partial charge in [-0.2, -0.15) is 11.8 Å². The fourth-order valence-corrected chi connectivity index (χ4v) is 3.29. The maximum Gasteiger partial charge on any atom is 0.138 e. The summed E-state index contributed by atoms with van der Waals surface area (Å²) < 4.78 is 6.44. The minimum atomic E-state index is 0.0125. The Hall–Kier alpha value is -1.17. The molecule has 1 aromatic heterocycles. The molecular weight excluding hydrogens is 288 g/mol. The Labute approximate surface area is 127 Å². The van der Waals surface area contributed by atoms with E-state index in [1.54, 1.807) is 0 Å². The highest BCUT2D eigenvalue weighted by Gasteiger charge is 2.20. The summed E-state index contributed by atoms with van der Waals surface area (Å²) in [6, 6.07) is 10.2. The number of ether oxygens (including phenoxy) is 1. The summed E-state index contributed by atoms with van der Waals surface area (Å²) in [4.78, 5) is 7.93. The standard InChI is InChI=1S/C15H16N2OS2/c1-10-13(11-5-3-2-4-6-11)16-14(17-15(10)19)12-9-20-8-7-18-12/h2-6,12H,7-9H2,1H3,(H,16,17,19). The molecule has 0 bridgehead atoms. The van der Waals surface area contributed by atoms with Crippen LogP contribution in [0, 0.1) is 11.6 Å². The summed E-state index contributed by atoms with van der Waals surface area (Å²) in [5, 5.41) is 0. The Morgan fingerprint density at radius 2 is 2.15 bits per heavy atom. The van der Waals surface area contributed by atoms with E-state index < -0.39 is 0 Å². The van der Waals surface area contributed by atoms with Gasteiger partial charge in [0.15, 0.2) is 0 Å². The first-order chi connectivity index (χ1) is 9.75. The number of aromatic amines is 1. The molecule has 1 aromatic carbocycles. The molecule has 1 saturated heterocycles. The molecule has 0 amide bonds. The van der Waals surface area contributed by atoms with Crippen LogP contribution in [0.5, 0.6) is 0 Å². The van der Waals surface area contributed by atoms with E-state index in [2.05, 4.69) is 22.1 Å². The van der Waals surface area contributed by atoms with Gasteiger partial charge in [0.05, 0.1) is 12.3 Å². The smallest absolute Gasteiger partial charge is 0.138 e. The zero-order chi connectivity index (χ0) is 13.9. The molecule has 5 heteroatoms. The first kappa shape index (κ1) is 13.8. The quantitative estimate of drug-likeness (QED) is 0.853. The largest absolute Gasteiger partial charge is 0.369 e. The number of nitrogens with zero attached hydrogens (tertiary/aromatic N) is 1. The van der Waals surface area contributed by atoms with Gasteiger partial charge in [0.1, 0.15) is 16.6 Å². The fourth-order valence-electron chi connectivity index (χ4n) is 2.24. The van der Waals surface area contributed by atoms with Crippen molar-refractivity contribution in [3.8, 4) is 11.3 Å². The number of nitrogens with one attached hydrogen (secondary N) is 1. The molecule has 1 aliphatic rings. The topological polar surface area (TPSA) is 37.9 Å². The van der Waals surface area contributed by atoms with E-state index in [9.17, 15) is 0 Å². The van der Waals surface area contributed by atoms with Crippen LogP contribution >= 0.6 is 24.0 Å². The number of benzene rings is 1. The lowest BCUT2D eigenvalue weighted by molar-refractivity contribution is 0.0694. The Morgan fingerprint density at radius 1 is 1.35 bits per heavy atom. The van der Waals surface area contributed by atoms with Crippen LogP contribution in [0.3, 0.4) is 0 Å². The molecule has 1 fully saturated rings. The number of hydrogen-bond acceptors (Lipinski definition) is 4. The summed E-state index contributed by atoms with van der Waals surface area (Å²) in [6.45, 7) is 2.78. The van der Waals surface area contributed by atoms with Gasteiger partial charge in [-0.15, -0.1) is 0 Å². The van der Waals surface area contributed by atoms with Gasteiger partial charge in [-0.05, 0) is 12.5 Å². The van der Waals surface area contributed by atoms with E-state index in [-0.39, 0.29) is 6.10 Å². The van der Waals surface area contributed by atoms with Gasteiger partial charge in [0.2, 0.25) is 0 Å². The predicted molar refractivity (Wildman–Crippen MR) is 85.6 cm³/mol. The van der Waals surface area contributed by atoms with Crippen molar-refractivity contribution >= 4 is 24.0 Å². The first-order valence-electron chi connectivity index (χ1n) is 6.61. The van der Waals surface area contributed by atoms with Crippen molar-refractivity contribution in [2.24, 2.45) is 0 Å². The molecule has 0 spiro atoms. The van der Waals surface area contributed by atoms with Crippen molar-refractivity contribution in [3.05, 3.63) is 46.4 Å². The van der Waals surface area contributed by atoms with E-state index in [0.717, 1.165) is 40.8 Å². The lowest BCUT2D eigenvalue weighted by Crippen LogP contribution is -2.18. The third kappa shape index (κ3) is 2.80. The number of rotatable bonds is 2. The van der Waals surface area contributed by atoms with Gasteiger partial charge in [-0.3, -0.25) is 0 Å². The van der Waals surface area contributed by atoms with Gasteiger partial charge in [-0.1, -0.05) is 42.5 Å². The first-order valence-corrected chi connectivity index (χ1v) is 8.17. The molecule has 3 rings (SSSR count). The second-order valence-corrected chi connectivity index (χ2v) is 6.26. The van der Waals surface area contributed by atoms with Gasteiger partial charge in [-0.25, -0.2) is 4.98 Å². The average molecular weight is 304 g/mol. The van der Waals surface area contributed by atoms with E-state index in [4.69, 9.17) is 17.0 Å². The molecule has 2 aromatic rings. The Kier molecular flexibility index (Phi) is 4.19. The van der Waals surface area contributed by atoms with Crippen LogP contribution in [0.4, 0.5) is 0 Å². The Morgan fingerprint density at radius 3 is 2.85 bits per heavy atom. The van der Waals surface area contributed by atoms with Crippen molar-refractivity contribution < 1.29 is 4.74 Å². The van der Waals surface area contributed by atoms with Crippen LogP contribution in [-0.2, 0) is 4.74 Å². The summed E-state index contributed by atoms with van der Waals surface area (Å²) in [7, 11) is 0. The Balaban J connectivity index is 2.06. The highest BCUT2D eigenvalue weighted by atomic mass is 32.2. The predicted octanol–water partition coefficient (Wildman–Crippen LogP) is 3.92. The molecule has 0 saturated carbocycles. The molecule has 20 heavy (non-hydrogen) atoms. The minimum Gasteiger partial charge on any atom is -0.369 e. The van der Waals surface area contributed by atoms with Crippen molar-refractivity contribution in [3.63, 3.8) is 0 Å². The van der Waals surface area contributed by atoms with Crippen LogP contribution < -0.4 is 0 Å². The molecule has 2 heterocycles. The second kappa shape index (κ2) is 6.08. The molecule has 104 valence electrons. The average Bonchev–Trinajstić information content (AvgIpc) is 2.51. The van der Waals surface area contributed by atoms with Crippen molar-refractivity contribution in [2.45, 2.75) is 13.0 Å². The molecule has 0 aliphatic carbocycles. The van der Waals surface area contributed by atoms with Gasteiger partial charge in [0, 0.05) is 17.1 Å². The third-order valence-electron chi connectivity index (χ3n) is 3.35. The van der Waals surface area contributed by atoms with Crippen molar-refractivity contribution in [1.29, 1.82) is 0 Å². The van der Waals surface area contributed by atoms with E-state index in [0.29, 0.717) is 4.64 Å². The molecule has 1 atom stereocenters. The minimum absolute atomic E-state index is 0.0125. The molecule has 1 unspecified atom stereocenters. The van der Waals surface area contributed by atoms with Gasteiger partial charge >= 0.3 is 0 Å². The van der Waals surface area contributed by atoms with Crippen molar-refractivity contribution in [1.82, 2.24) is 9.97 Å². The number of thioether (sulfide) groups is 1. The normalized spacial score (nSPS) is 18.9. The highest BCUT2D eigenvalue weighted by Crippen LogP contribution is 2.27. The maximum absolute atomic E-state index is 5.79.